The topological polar surface area (TPSA) is 55.6 Å². The van der Waals surface area contributed by atoms with Gasteiger partial charge in [-0.2, -0.15) is 0 Å². The summed E-state index contributed by atoms with van der Waals surface area (Å²) in [5.74, 6) is 1.36. The fraction of sp³-hybridized carbons (Fsp3) is 0.412. The molecule has 0 aliphatic carbocycles. The number of para-hydroxylation sites is 1. The Morgan fingerprint density at radius 2 is 2.27 bits per heavy atom. The van der Waals surface area contributed by atoms with Crippen LogP contribution < -0.4 is 4.74 Å². The molecule has 1 atom stereocenters. The van der Waals surface area contributed by atoms with Crippen LogP contribution in [0, 0.1) is 0 Å². The van der Waals surface area contributed by atoms with Crippen LogP contribution in [-0.4, -0.2) is 29.6 Å². The number of methoxy groups -OCH3 is 1. The van der Waals surface area contributed by atoms with Crippen molar-refractivity contribution in [2.75, 3.05) is 13.7 Å². The third-order valence-corrected chi connectivity index (χ3v) is 4.12. The Balaban J connectivity index is 1.87. The second kappa shape index (κ2) is 6.22. The van der Waals surface area contributed by atoms with Crippen LogP contribution in [0.4, 0.5) is 0 Å². The van der Waals surface area contributed by atoms with Crippen LogP contribution in [0.1, 0.15) is 47.6 Å². The molecule has 1 fully saturated rings. The highest BCUT2D eigenvalue weighted by Crippen LogP contribution is 2.34. The molecule has 1 amide bonds. The second-order valence-electron chi connectivity index (χ2n) is 5.43. The molecule has 5 nitrogen and oxygen atoms in total. The lowest BCUT2D eigenvalue weighted by atomic mass is 10.1. The molecule has 5 heteroatoms. The smallest absolute Gasteiger partial charge is 0.258 e. The standard InChI is InChI=1S/C17H20N2O3/c1-3-12-11-16(22-18-12)14-8-6-10-19(14)17(20)13-7-4-5-9-15(13)21-2/h4-5,7,9,11,14H,3,6,8,10H2,1-2H3/t14-/m0/s1. The molecule has 1 aliphatic rings. The number of aryl methyl sites for hydroxylation is 1. The minimum atomic E-state index is -0.0368. The molecule has 1 aliphatic heterocycles. The number of ether oxygens (including phenoxy) is 1. The summed E-state index contributed by atoms with van der Waals surface area (Å²) in [5.41, 5.74) is 1.51. The molecule has 3 rings (SSSR count). The number of likely N-dealkylation sites (tertiary alicyclic amines) is 1. The zero-order valence-electron chi connectivity index (χ0n) is 12.9. The summed E-state index contributed by atoms with van der Waals surface area (Å²) < 4.78 is 10.7. The third-order valence-electron chi connectivity index (χ3n) is 4.12. The van der Waals surface area contributed by atoms with Gasteiger partial charge in [0, 0.05) is 12.6 Å². The molecule has 0 unspecified atom stereocenters. The molecule has 0 N–H and O–H groups in total. The molecule has 1 saturated heterocycles. The maximum atomic E-state index is 12.9. The van der Waals surface area contributed by atoms with Crippen molar-refractivity contribution < 1.29 is 14.1 Å². The van der Waals surface area contributed by atoms with E-state index in [1.54, 1.807) is 13.2 Å². The van der Waals surface area contributed by atoms with Crippen molar-refractivity contribution in [2.24, 2.45) is 0 Å². The number of benzene rings is 1. The fourth-order valence-corrected chi connectivity index (χ4v) is 2.93. The summed E-state index contributed by atoms with van der Waals surface area (Å²) in [6.45, 7) is 2.76. The molecule has 1 aromatic heterocycles. The first-order valence-electron chi connectivity index (χ1n) is 7.64. The summed E-state index contributed by atoms with van der Waals surface area (Å²) in [7, 11) is 1.58. The van der Waals surface area contributed by atoms with Crippen molar-refractivity contribution in [3.05, 3.63) is 47.3 Å². The molecule has 0 spiro atoms. The van der Waals surface area contributed by atoms with Gasteiger partial charge < -0.3 is 14.2 Å². The van der Waals surface area contributed by atoms with E-state index in [0.29, 0.717) is 11.3 Å². The van der Waals surface area contributed by atoms with Crippen molar-refractivity contribution in [1.82, 2.24) is 10.1 Å². The zero-order valence-corrected chi connectivity index (χ0v) is 12.9. The van der Waals surface area contributed by atoms with Gasteiger partial charge in [0.1, 0.15) is 5.75 Å². The first kappa shape index (κ1) is 14.6. The van der Waals surface area contributed by atoms with Gasteiger partial charge in [0.2, 0.25) is 0 Å². The van der Waals surface area contributed by atoms with Gasteiger partial charge in [0.05, 0.1) is 24.4 Å². The summed E-state index contributed by atoms with van der Waals surface area (Å²) in [5, 5.41) is 4.04. The fourth-order valence-electron chi connectivity index (χ4n) is 2.93. The third kappa shape index (κ3) is 2.58. The summed E-state index contributed by atoms with van der Waals surface area (Å²) in [6, 6.07) is 9.24. The van der Waals surface area contributed by atoms with Gasteiger partial charge in [-0.25, -0.2) is 0 Å². The largest absolute Gasteiger partial charge is 0.496 e. The number of hydrogen-bond acceptors (Lipinski definition) is 4. The summed E-state index contributed by atoms with van der Waals surface area (Å²) in [4.78, 5) is 14.7. The number of amides is 1. The van der Waals surface area contributed by atoms with Gasteiger partial charge in [0.15, 0.2) is 5.76 Å². The molecule has 0 bridgehead atoms. The Bertz CT molecular complexity index is 665. The lowest BCUT2D eigenvalue weighted by molar-refractivity contribution is 0.0711. The van der Waals surface area contributed by atoms with Crippen molar-refractivity contribution in [3.63, 3.8) is 0 Å². The van der Waals surface area contributed by atoms with E-state index in [2.05, 4.69) is 5.16 Å². The van der Waals surface area contributed by atoms with E-state index in [0.717, 1.165) is 37.3 Å². The predicted octanol–water partition coefficient (Wildman–Crippen LogP) is 3.22. The van der Waals surface area contributed by atoms with Crippen molar-refractivity contribution in [2.45, 2.75) is 32.2 Å². The van der Waals surface area contributed by atoms with E-state index < -0.39 is 0 Å². The normalized spacial score (nSPS) is 17.7. The van der Waals surface area contributed by atoms with Gasteiger partial charge in [-0.15, -0.1) is 0 Å². The molecule has 2 heterocycles. The average Bonchev–Trinajstić information content (AvgIpc) is 3.22. The number of rotatable bonds is 4. The lowest BCUT2D eigenvalue weighted by Gasteiger charge is -2.23. The molecule has 116 valence electrons. The number of carbonyl (C=O) groups is 1. The predicted molar refractivity (Wildman–Crippen MR) is 81.9 cm³/mol. The van der Waals surface area contributed by atoms with Gasteiger partial charge in [-0.1, -0.05) is 24.2 Å². The quantitative estimate of drug-likeness (QED) is 0.870. The van der Waals surface area contributed by atoms with Crippen LogP contribution in [0.25, 0.3) is 0 Å². The van der Waals surface area contributed by atoms with Gasteiger partial charge in [0.25, 0.3) is 5.91 Å². The van der Waals surface area contributed by atoms with E-state index in [4.69, 9.17) is 9.26 Å². The molecule has 22 heavy (non-hydrogen) atoms. The van der Waals surface area contributed by atoms with E-state index >= 15 is 0 Å². The summed E-state index contributed by atoms with van der Waals surface area (Å²) >= 11 is 0. The van der Waals surface area contributed by atoms with E-state index in [1.165, 1.54) is 0 Å². The highest BCUT2D eigenvalue weighted by atomic mass is 16.5. The van der Waals surface area contributed by atoms with Crippen LogP contribution in [0.2, 0.25) is 0 Å². The molecular weight excluding hydrogens is 280 g/mol. The van der Waals surface area contributed by atoms with Crippen LogP contribution in [0.3, 0.4) is 0 Å². The molecule has 0 radical (unpaired) electrons. The maximum absolute atomic E-state index is 12.9. The van der Waals surface area contributed by atoms with E-state index in [9.17, 15) is 4.79 Å². The van der Waals surface area contributed by atoms with Crippen LogP contribution in [0.15, 0.2) is 34.9 Å². The molecule has 2 aromatic rings. The van der Waals surface area contributed by atoms with Crippen molar-refractivity contribution >= 4 is 5.91 Å². The van der Waals surface area contributed by atoms with E-state index in [1.807, 2.05) is 36.1 Å². The average molecular weight is 300 g/mol. The zero-order chi connectivity index (χ0) is 15.5. The first-order chi connectivity index (χ1) is 10.7. The highest BCUT2D eigenvalue weighted by Gasteiger charge is 2.34. The number of nitrogens with zero attached hydrogens (tertiary/aromatic N) is 2. The number of hydrogen-bond donors (Lipinski definition) is 0. The lowest BCUT2D eigenvalue weighted by Crippen LogP contribution is -2.30. The Kier molecular flexibility index (Phi) is 4.13. The number of aromatic nitrogens is 1. The Hall–Kier alpha value is -2.30. The highest BCUT2D eigenvalue weighted by molar-refractivity contribution is 5.97. The molecule has 0 saturated carbocycles. The van der Waals surface area contributed by atoms with Crippen molar-refractivity contribution in [1.29, 1.82) is 0 Å². The second-order valence-corrected chi connectivity index (χ2v) is 5.43. The Labute approximate surface area is 129 Å². The van der Waals surface area contributed by atoms with Crippen LogP contribution in [-0.2, 0) is 6.42 Å². The minimum Gasteiger partial charge on any atom is -0.496 e. The van der Waals surface area contributed by atoms with Crippen molar-refractivity contribution in [3.8, 4) is 5.75 Å². The minimum absolute atomic E-state index is 0.0191. The van der Waals surface area contributed by atoms with Crippen LogP contribution >= 0.6 is 0 Å². The molecule has 1 aromatic carbocycles. The van der Waals surface area contributed by atoms with Crippen LogP contribution in [0.5, 0.6) is 5.75 Å². The Morgan fingerprint density at radius 1 is 1.45 bits per heavy atom. The Morgan fingerprint density at radius 3 is 3.00 bits per heavy atom. The number of carbonyl (C=O) groups excluding carboxylic acids is 1. The molecular formula is C17H20N2O3. The van der Waals surface area contributed by atoms with Gasteiger partial charge in [-0.3, -0.25) is 4.79 Å². The SMILES string of the molecule is CCc1cc([C@@H]2CCCN2C(=O)c2ccccc2OC)on1. The maximum Gasteiger partial charge on any atom is 0.258 e. The van der Waals surface area contributed by atoms with Gasteiger partial charge in [-0.05, 0) is 31.4 Å². The van der Waals surface area contributed by atoms with Gasteiger partial charge >= 0.3 is 0 Å². The summed E-state index contributed by atoms with van der Waals surface area (Å²) in [6.07, 6.45) is 2.70. The monoisotopic (exact) mass is 300 g/mol. The first-order valence-corrected chi connectivity index (χ1v) is 7.64. The van der Waals surface area contributed by atoms with E-state index in [-0.39, 0.29) is 11.9 Å².